The van der Waals surface area contributed by atoms with Gasteiger partial charge < -0.3 is 30.3 Å². The molecule has 11 nitrogen and oxygen atoms in total. The van der Waals surface area contributed by atoms with Gasteiger partial charge in [-0.1, -0.05) is 60.1 Å². The lowest BCUT2D eigenvalue weighted by atomic mass is 9.79. The Balaban J connectivity index is 1.13. The molecule has 3 atom stereocenters. The minimum atomic E-state index is -1.58. The lowest BCUT2D eigenvalue weighted by Crippen LogP contribution is -2.48. The number of hydrogen-bond acceptors (Lipinski definition) is 9. The number of benzene rings is 4. The van der Waals surface area contributed by atoms with Crippen LogP contribution in [0, 0.1) is 0 Å². The van der Waals surface area contributed by atoms with Gasteiger partial charge in [0.1, 0.15) is 11.9 Å². The summed E-state index contributed by atoms with van der Waals surface area (Å²) in [6, 6.07) is 26.8. The van der Waals surface area contributed by atoms with Crippen molar-refractivity contribution >= 4 is 47.4 Å². The van der Waals surface area contributed by atoms with Crippen LogP contribution in [0.1, 0.15) is 34.8 Å². The highest BCUT2D eigenvalue weighted by Gasteiger charge is 2.40. The predicted octanol–water partition coefficient (Wildman–Crippen LogP) is 2.44. The molecule has 48 heavy (non-hydrogen) atoms. The number of amides is 2. The number of aliphatic imine (C=N–C) groups is 1. The number of anilines is 1. The van der Waals surface area contributed by atoms with E-state index < -0.39 is 13.2 Å². The van der Waals surface area contributed by atoms with E-state index in [4.69, 9.17) is 21.3 Å². The molecule has 2 aliphatic heterocycles. The van der Waals surface area contributed by atoms with Crippen LogP contribution in [0.5, 0.6) is 5.75 Å². The Morgan fingerprint density at radius 3 is 2.40 bits per heavy atom. The van der Waals surface area contributed by atoms with E-state index in [0.717, 1.165) is 33.7 Å². The number of carbonyl (C=O) groups excluding carboxylic acids is 2. The second-order valence-corrected chi connectivity index (χ2v) is 12.1. The van der Waals surface area contributed by atoms with Crippen molar-refractivity contribution < 1.29 is 24.4 Å². The largest absolute Gasteiger partial charge is 0.497 e. The van der Waals surface area contributed by atoms with Crippen LogP contribution in [0.25, 0.3) is 11.1 Å². The molecular weight excluding hydrogens is 631 g/mol. The highest BCUT2D eigenvalue weighted by molar-refractivity contribution is 6.58. The molecule has 0 aromatic heterocycles. The third-order valence-electron chi connectivity index (χ3n) is 8.44. The molecule has 2 unspecified atom stereocenters. The van der Waals surface area contributed by atoms with E-state index in [1.807, 2.05) is 61.5 Å². The standard InChI is InChI=1S/C35H36BClN6O5/c1-21-41-42-34-30(40-33(22-9-11-27(37)12-10-22)29-19-28(48-2)13-14-31(29)43(21)34)20-32(44)38-15-16-39-35(45)25-7-3-5-23(17-25)24-6-4-8-26(18-24)36(46)47/h3-14,17-19,21,30,34,41-42,46-47H,15-16,20H2,1-2H3,(H,38,44)(H,39,45)/t21?,30-,34?/m0/s1. The van der Waals surface area contributed by atoms with Crippen molar-refractivity contribution in [3.63, 3.8) is 0 Å². The molecule has 4 aromatic carbocycles. The maximum atomic E-state index is 13.3. The molecule has 2 amide bonds. The summed E-state index contributed by atoms with van der Waals surface area (Å²) in [7, 11) is 0.0424. The molecule has 2 heterocycles. The zero-order valence-corrected chi connectivity index (χ0v) is 27.2. The second-order valence-electron chi connectivity index (χ2n) is 11.6. The molecule has 6 N–H and O–H groups in total. The van der Waals surface area contributed by atoms with E-state index in [1.54, 1.807) is 43.5 Å². The molecular formula is C35H36BClN6O5. The van der Waals surface area contributed by atoms with Crippen molar-refractivity contribution in [1.82, 2.24) is 21.5 Å². The summed E-state index contributed by atoms with van der Waals surface area (Å²) in [6.07, 6.45) is -0.287. The van der Waals surface area contributed by atoms with Gasteiger partial charge in [-0.05, 0) is 66.0 Å². The molecule has 1 fully saturated rings. The van der Waals surface area contributed by atoms with E-state index in [2.05, 4.69) is 26.4 Å². The maximum absolute atomic E-state index is 13.3. The fourth-order valence-corrected chi connectivity index (χ4v) is 6.17. The van der Waals surface area contributed by atoms with Gasteiger partial charge in [-0.25, -0.2) is 10.9 Å². The average Bonchev–Trinajstić information content (AvgIpc) is 3.43. The number of hydrazine groups is 1. The Labute approximate surface area is 284 Å². The first-order valence-corrected chi connectivity index (χ1v) is 16.0. The summed E-state index contributed by atoms with van der Waals surface area (Å²) >= 11 is 6.21. The maximum Gasteiger partial charge on any atom is 0.488 e. The van der Waals surface area contributed by atoms with Crippen molar-refractivity contribution in [3.05, 3.63) is 113 Å². The van der Waals surface area contributed by atoms with Gasteiger partial charge in [0.15, 0.2) is 0 Å². The van der Waals surface area contributed by atoms with Crippen molar-refractivity contribution in [2.45, 2.75) is 31.7 Å². The van der Waals surface area contributed by atoms with Crippen molar-refractivity contribution in [2.24, 2.45) is 4.99 Å². The molecule has 6 rings (SSSR count). The van der Waals surface area contributed by atoms with Crippen molar-refractivity contribution in [2.75, 3.05) is 25.1 Å². The number of halogens is 1. The molecule has 2 aliphatic rings. The monoisotopic (exact) mass is 666 g/mol. The molecule has 13 heteroatoms. The Kier molecular flexibility index (Phi) is 10.1. The molecule has 0 bridgehead atoms. The van der Waals surface area contributed by atoms with Gasteiger partial charge >= 0.3 is 7.12 Å². The summed E-state index contributed by atoms with van der Waals surface area (Å²) in [5.74, 6) is 0.205. The van der Waals surface area contributed by atoms with Crippen LogP contribution in [-0.2, 0) is 4.79 Å². The fourth-order valence-electron chi connectivity index (χ4n) is 6.04. The number of fused-ring (bicyclic) bond motifs is 3. The van der Waals surface area contributed by atoms with E-state index in [1.165, 1.54) is 0 Å². The zero-order valence-electron chi connectivity index (χ0n) is 26.5. The number of methoxy groups -OCH3 is 1. The second kappa shape index (κ2) is 14.6. The number of rotatable bonds is 10. The molecule has 0 spiro atoms. The molecule has 1 saturated heterocycles. The normalized spacial score (nSPS) is 18.2. The van der Waals surface area contributed by atoms with E-state index in [-0.39, 0.29) is 43.7 Å². The van der Waals surface area contributed by atoms with Crippen LogP contribution >= 0.6 is 11.6 Å². The first-order valence-electron chi connectivity index (χ1n) is 15.6. The molecule has 0 saturated carbocycles. The van der Waals surface area contributed by atoms with Crippen molar-refractivity contribution in [1.29, 1.82) is 0 Å². The van der Waals surface area contributed by atoms with Gasteiger partial charge in [-0.15, -0.1) is 0 Å². The lowest BCUT2D eigenvalue weighted by Gasteiger charge is -2.31. The van der Waals surface area contributed by atoms with Crippen molar-refractivity contribution in [3.8, 4) is 16.9 Å². The fraction of sp³-hybridized carbons (Fsp3) is 0.229. The Bertz CT molecular complexity index is 1840. The van der Waals surface area contributed by atoms with Crippen LogP contribution < -0.4 is 36.6 Å². The quantitative estimate of drug-likeness (QED) is 0.112. The predicted molar refractivity (Wildman–Crippen MR) is 188 cm³/mol. The summed E-state index contributed by atoms with van der Waals surface area (Å²) < 4.78 is 5.56. The zero-order chi connectivity index (χ0) is 33.8. The van der Waals surface area contributed by atoms with Crippen LogP contribution in [0.4, 0.5) is 5.69 Å². The van der Waals surface area contributed by atoms with Crippen LogP contribution in [0.2, 0.25) is 5.02 Å². The highest BCUT2D eigenvalue weighted by Crippen LogP contribution is 2.36. The summed E-state index contributed by atoms with van der Waals surface area (Å²) in [4.78, 5) is 33.6. The Morgan fingerprint density at radius 1 is 0.917 bits per heavy atom. The molecule has 0 aliphatic carbocycles. The van der Waals surface area contributed by atoms with E-state index in [9.17, 15) is 19.6 Å². The van der Waals surface area contributed by atoms with Gasteiger partial charge in [-0.2, -0.15) is 0 Å². The van der Waals surface area contributed by atoms with Crippen LogP contribution in [0.3, 0.4) is 0 Å². The highest BCUT2D eigenvalue weighted by atomic mass is 35.5. The number of nitrogens with zero attached hydrogens (tertiary/aromatic N) is 2. The molecule has 4 aromatic rings. The number of carbonyl (C=O) groups is 2. The van der Waals surface area contributed by atoms with Gasteiger partial charge in [0, 0.05) is 40.5 Å². The minimum absolute atomic E-state index is 0.0774. The van der Waals surface area contributed by atoms with Crippen LogP contribution in [0.15, 0.2) is 96.0 Å². The lowest BCUT2D eigenvalue weighted by molar-refractivity contribution is -0.121. The van der Waals surface area contributed by atoms with Crippen LogP contribution in [-0.4, -0.2) is 73.3 Å². The SMILES string of the molecule is COc1ccc2c(c1)C(c1ccc(Cl)cc1)=N[C@@H](CC(=O)NCCNC(=O)c1cccc(-c3cccc(B(O)O)c3)c1)C1NNC(C)N21. The first kappa shape index (κ1) is 33.2. The smallest absolute Gasteiger partial charge is 0.488 e. The molecule has 0 radical (unpaired) electrons. The third-order valence-corrected chi connectivity index (χ3v) is 8.69. The van der Waals surface area contributed by atoms with Gasteiger partial charge in [-0.3, -0.25) is 14.6 Å². The summed E-state index contributed by atoms with van der Waals surface area (Å²) in [5.41, 5.74) is 12.4. The first-order chi connectivity index (χ1) is 23.2. The third kappa shape index (κ3) is 7.23. The minimum Gasteiger partial charge on any atom is -0.497 e. The molecule has 246 valence electrons. The van der Waals surface area contributed by atoms with E-state index >= 15 is 0 Å². The number of hydrogen-bond donors (Lipinski definition) is 6. The number of ether oxygens (including phenoxy) is 1. The Morgan fingerprint density at radius 2 is 1.65 bits per heavy atom. The summed E-state index contributed by atoms with van der Waals surface area (Å²) in [6.45, 7) is 2.50. The Hall–Kier alpha value is -4.72. The van der Waals surface area contributed by atoms with Gasteiger partial charge in [0.25, 0.3) is 5.91 Å². The van der Waals surface area contributed by atoms with Gasteiger partial charge in [0.2, 0.25) is 5.91 Å². The van der Waals surface area contributed by atoms with Gasteiger partial charge in [0.05, 0.1) is 31.4 Å². The number of nitrogens with one attached hydrogen (secondary N) is 4. The van der Waals surface area contributed by atoms with E-state index in [0.29, 0.717) is 21.8 Å². The topological polar surface area (TPSA) is 148 Å². The summed E-state index contributed by atoms with van der Waals surface area (Å²) in [5, 5.41) is 25.4. The average molecular weight is 667 g/mol.